The second kappa shape index (κ2) is 5.74. The molecule has 0 atom stereocenters. The van der Waals surface area contributed by atoms with Crippen LogP contribution in [0.15, 0.2) is 36.7 Å². The topological polar surface area (TPSA) is 115 Å². The Labute approximate surface area is 112 Å². The third-order valence-electron chi connectivity index (χ3n) is 2.39. The van der Waals surface area contributed by atoms with Gasteiger partial charge in [0.05, 0.1) is 4.92 Å². The van der Waals surface area contributed by atoms with Crippen molar-refractivity contribution in [1.82, 2.24) is 9.97 Å². The monoisotopic (exact) mass is 275 g/mol. The lowest BCUT2D eigenvalue weighted by Crippen LogP contribution is -2.08. The number of nitrogens with zero attached hydrogens (tertiary/aromatic N) is 3. The SMILES string of the molecule is O=C(O)c1c(OCc2ncccn2)cccc1[N+](=O)[O-]. The highest BCUT2D eigenvalue weighted by molar-refractivity contribution is 5.95. The molecule has 8 nitrogen and oxygen atoms in total. The Morgan fingerprint density at radius 2 is 2.00 bits per heavy atom. The predicted molar refractivity (Wildman–Crippen MR) is 66.4 cm³/mol. The maximum atomic E-state index is 11.1. The number of rotatable bonds is 5. The van der Waals surface area contributed by atoms with Gasteiger partial charge in [-0.25, -0.2) is 14.8 Å². The number of hydrogen-bond donors (Lipinski definition) is 1. The van der Waals surface area contributed by atoms with Crippen molar-refractivity contribution < 1.29 is 19.6 Å². The zero-order valence-corrected chi connectivity index (χ0v) is 10.1. The molecule has 1 aromatic carbocycles. The van der Waals surface area contributed by atoms with Crippen LogP contribution in [0, 0.1) is 10.1 Å². The van der Waals surface area contributed by atoms with Gasteiger partial charge in [0.25, 0.3) is 5.69 Å². The number of nitro groups is 1. The summed E-state index contributed by atoms with van der Waals surface area (Å²) in [7, 11) is 0. The smallest absolute Gasteiger partial charge is 0.346 e. The summed E-state index contributed by atoms with van der Waals surface area (Å²) < 4.78 is 5.27. The molecule has 0 aliphatic heterocycles. The fourth-order valence-electron chi connectivity index (χ4n) is 1.55. The summed E-state index contributed by atoms with van der Waals surface area (Å²) in [5.74, 6) is -1.18. The second-order valence-electron chi connectivity index (χ2n) is 3.67. The summed E-state index contributed by atoms with van der Waals surface area (Å²) in [6.07, 6.45) is 3.02. The van der Waals surface area contributed by atoms with Crippen LogP contribution in [0.3, 0.4) is 0 Å². The number of carboxylic acids is 1. The largest absolute Gasteiger partial charge is 0.484 e. The van der Waals surface area contributed by atoms with E-state index in [2.05, 4.69) is 9.97 Å². The molecule has 0 spiro atoms. The Kier molecular flexibility index (Phi) is 3.85. The standard InChI is InChI=1S/C12H9N3O5/c16-12(17)11-8(15(18)19)3-1-4-9(11)20-7-10-13-5-2-6-14-10/h1-6H,7H2,(H,16,17). The van der Waals surface area contributed by atoms with Gasteiger partial charge in [-0.1, -0.05) is 6.07 Å². The van der Waals surface area contributed by atoms with Gasteiger partial charge >= 0.3 is 5.97 Å². The third kappa shape index (κ3) is 2.86. The van der Waals surface area contributed by atoms with Gasteiger partial charge in [0.15, 0.2) is 11.4 Å². The Balaban J connectivity index is 2.30. The molecule has 2 rings (SSSR count). The number of carbonyl (C=O) groups is 1. The van der Waals surface area contributed by atoms with E-state index in [1.807, 2.05) is 0 Å². The molecule has 0 amide bonds. The van der Waals surface area contributed by atoms with Crippen molar-refractivity contribution in [3.63, 3.8) is 0 Å². The first-order valence-electron chi connectivity index (χ1n) is 5.49. The van der Waals surface area contributed by atoms with Crippen molar-refractivity contribution in [2.75, 3.05) is 0 Å². The first kappa shape index (κ1) is 13.4. The summed E-state index contributed by atoms with van der Waals surface area (Å²) in [4.78, 5) is 29.0. The molecule has 102 valence electrons. The Morgan fingerprint density at radius 3 is 2.60 bits per heavy atom. The molecular weight excluding hydrogens is 266 g/mol. The van der Waals surface area contributed by atoms with Crippen LogP contribution in [0.1, 0.15) is 16.2 Å². The highest BCUT2D eigenvalue weighted by atomic mass is 16.6. The number of nitro benzene ring substituents is 1. The van der Waals surface area contributed by atoms with E-state index in [0.717, 1.165) is 6.07 Å². The molecule has 0 radical (unpaired) electrons. The predicted octanol–water partition coefficient (Wildman–Crippen LogP) is 1.66. The van der Waals surface area contributed by atoms with Gasteiger partial charge in [-0.3, -0.25) is 10.1 Å². The van der Waals surface area contributed by atoms with E-state index in [1.165, 1.54) is 24.5 Å². The van der Waals surface area contributed by atoms with Crippen molar-refractivity contribution in [2.24, 2.45) is 0 Å². The molecule has 0 saturated heterocycles. The van der Waals surface area contributed by atoms with E-state index < -0.39 is 22.1 Å². The fraction of sp³-hybridized carbons (Fsp3) is 0.0833. The molecule has 1 heterocycles. The normalized spacial score (nSPS) is 10.0. The minimum atomic E-state index is -1.43. The van der Waals surface area contributed by atoms with E-state index in [1.54, 1.807) is 6.07 Å². The summed E-state index contributed by atoms with van der Waals surface area (Å²) in [5, 5.41) is 19.9. The van der Waals surface area contributed by atoms with Gasteiger partial charge in [-0.05, 0) is 12.1 Å². The lowest BCUT2D eigenvalue weighted by atomic mass is 10.1. The Morgan fingerprint density at radius 1 is 1.30 bits per heavy atom. The molecular formula is C12H9N3O5. The molecule has 0 saturated carbocycles. The first-order valence-corrected chi connectivity index (χ1v) is 5.49. The van der Waals surface area contributed by atoms with Crippen LogP contribution < -0.4 is 4.74 Å². The van der Waals surface area contributed by atoms with Gasteiger partial charge in [0, 0.05) is 18.5 Å². The summed E-state index contributed by atoms with van der Waals surface area (Å²) in [6.45, 7) is -0.0811. The number of ether oxygens (including phenoxy) is 1. The minimum Gasteiger partial charge on any atom is -0.484 e. The van der Waals surface area contributed by atoms with Crippen molar-refractivity contribution >= 4 is 11.7 Å². The molecule has 0 bridgehead atoms. The molecule has 1 aromatic heterocycles. The molecule has 20 heavy (non-hydrogen) atoms. The average molecular weight is 275 g/mol. The summed E-state index contributed by atoms with van der Waals surface area (Å²) in [5.41, 5.74) is -1.02. The van der Waals surface area contributed by atoms with Crippen LogP contribution in [-0.4, -0.2) is 26.0 Å². The highest BCUT2D eigenvalue weighted by Gasteiger charge is 2.24. The highest BCUT2D eigenvalue weighted by Crippen LogP contribution is 2.28. The number of aromatic nitrogens is 2. The van der Waals surface area contributed by atoms with E-state index in [-0.39, 0.29) is 12.4 Å². The zero-order valence-electron chi connectivity index (χ0n) is 10.1. The van der Waals surface area contributed by atoms with Gasteiger partial charge in [0.1, 0.15) is 12.4 Å². The lowest BCUT2D eigenvalue weighted by molar-refractivity contribution is -0.385. The molecule has 0 aliphatic rings. The summed E-state index contributed by atoms with van der Waals surface area (Å²) >= 11 is 0. The van der Waals surface area contributed by atoms with Crippen LogP contribution in [0.4, 0.5) is 5.69 Å². The number of aromatic carboxylic acids is 1. The Hall–Kier alpha value is -3.03. The lowest BCUT2D eigenvalue weighted by Gasteiger charge is -2.08. The van der Waals surface area contributed by atoms with E-state index in [9.17, 15) is 14.9 Å². The van der Waals surface area contributed by atoms with E-state index >= 15 is 0 Å². The molecule has 1 N–H and O–H groups in total. The zero-order chi connectivity index (χ0) is 14.5. The van der Waals surface area contributed by atoms with Crippen LogP contribution in [0.2, 0.25) is 0 Å². The first-order chi connectivity index (χ1) is 9.59. The summed E-state index contributed by atoms with van der Waals surface area (Å²) in [6, 6.07) is 5.43. The Bertz CT molecular complexity index is 645. The van der Waals surface area contributed by atoms with Crippen molar-refractivity contribution in [2.45, 2.75) is 6.61 Å². The average Bonchev–Trinajstić information content (AvgIpc) is 2.45. The molecule has 8 heteroatoms. The van der Waals surface area contributed by atoms with E-state index in [4.69, 9.17) is 9.84 Å². The number of carboxylic acid groups (broad SMARTS) is 1. The number of hydrogen-bond acceptors (Lipinski definition) is 6. The third-order valence-corrected chi connectivity index (χ3v) is 2.39. The molecule has 0 unspecified atom stereocenters. The number of benzene rings is 1. The minimum absolute atomic E-state index is 0.0811. The van der Waals surface area contributed by atoms with Crippen molar-refractivity contribution in [1.29, 1.82) is 0 Å². The van der Waals surface area contributed by atoms with Gasteiger partial charge in [-0.2, -0.15) is 0 Å². The van der Waals surface area contributed by atoms with Crippen LogP contribution in [-0.2, 0) is 6.61 Å². The van der Waals surface area contributed by atoms with Gasteiger partial charge in [-0.15, -0.1) is 0 Å². The molecule has 2 aromatic rings. The van der Waals surface area contributed by atoms with Crippen LogP contribution in [0.25, 0.3) is 0 Å². The quantitative estimate of drug-likeness (QED) is 0.651. The van der Waals surface area contributed by atoms with E-state index in [0.29, 0.717) is 5.82 Å². The molecule has 0 aliphatic carbocycles. The van der Waals surface area contributed by atoms with Crippen molar-refractivity contribution in [3.05, 3.63) is 58.2 Å². The van der Waals surface area contributed by atoms with Gasteiger partial charge in [0.2, 0.25) is 0 Å². The second-order valence-corrected chi connectivity index (χ2v) is 3.67. The maximum absolute atomic E-state index is 11.1. The van der Waals surface area contributed by atoms with Crippen molar-refractivity contribution in [3.8, 4) is 5.75 Å². The fourth-order valence-corrected chi connectivity index (χ4v) is 1.55. The van der Waals surface area contributed by atoms with Gasteiger partial charge < -0.3 is 9.84 Å². The maximum Gasteiger partial charge on any atom is 0.346 e. The van der Waals surface area contributed by atoms with Crippen LogP contribution >= 0.6 is 0 Å². The van der Waals surface area contributed by atoms with Crippen LogP contribution in [0.5, 0.6) is 5.75 Å². The molecule has 0 fully saturated rings.